The Labute approximate surface area is 173 Å². The number of hydrogen-bond acceptors (Lipinski definition) is 4. The largest absolute Gasteiger partial charge is 0.495 e. The molecule has 2 aromatic rings. The molecular weight excluding hydrogens is 454 g/mol. The molecule has 170 valence electrons. The highest BCUT2D eigenvalue weighted by atomic mass is 32.2. The topological polar surface area (TPSA) is 89.7 Å². The number of rotatable bonds is 5. The van der Waals surface area contributed by atoms with Crippen LogP contribution >= 0.6 is 0 Å². The fraction of sp³-hybridized carbons (Fsp3) is 0.278. The number of methoxy groups -OCH3 is 1. The molecule has 0 aromatic heterocycles. The number of amides is 1. The minimum atomic E-state index is -5.14. The Morgan fingerprint density at radius 3 is 1.77 bits per heavy atom. The molecule has 0 aliphatic heterocycles. The molecule has 0 aliphatic rings. The van der Waals surface area contributed by atoms with Gasteiger partial charge in [0.1, 0.15) is 5.75 Å². The molecule has 0 fully saturated rings. The molecule has 0 heterocycles. The summed E-state index contributed by atoms with van der Waals surface area (Å²) < 4.78 is 110. The smallest absolute Gasteiger partial charge is 0.416 e. The van der Waals surface area contributed by atoms with Crippen LogP contribution in [0, 0.1) is 0 Å². The van der Waals surface area contributed by atoms with E-state index in [1.165, 1.54) is 0 Å². The first-order valence-electron chi connectivity index (χ1n) is 8.24. The first-order chi connectivity index (χ1) is 14.0. The summed E-state index contributed by atoms with van der Waals surface area (Å²) in [5, 5.41) is 0. The number of benzene rings is 2. The Hall–Kier alpha value is -2.80. The Balaban J connectivity index is 3.01. The lowest BCUT2D eigenvalue weighted by atomic mass is 9.96. The monoisotopic (exact) mass is 470 g/mol. The normalized spacial score (nSPS) is 12.8. The quantitative estimate of drug-likeness (QED) is 0.675. The van der Waals surface area contributed by atoms with Gasteiger partial charge in [-0.2, -0.15) is 26.3 Å². The lowest BCUT2D eigenvalue weighted by Crippen LogP contribution is -2.23. The van der Waals surface area contributed by atoms with Gasteiger partial charge < -0.3 is 10.5 Å². The summed E-state index contributed by atoms with van der Waals surface area (Å²) in [7, 11) is -0.940. The maximum Gasteiger partial charge on any atom is 0.416 e. The minimum absolute atomic E-state index is 0.0780. The van der Waals surface area contributed by atoms with E-state index in [-0.39, 0.29) is 6.07 Å². The van der Waals surface area contributed by atoms with E-state index in [2.05, 4.69) is 0 Å². The third-order valence-electron chi connectivity index (χ3n) is 4.21. The number of nitrogens with two attached hydrogens (primary N) is 1. The second-order valence-electron chi connectivity index (χ2n) is 6.50. The number of hydrogen-bond donors (Lipinski definition) is 1. The molecule has 13 heteroatoms. The van der Waals surface area contributed by atoms with Crippen LogP contribution < -0.4 is 10.5 Å². The van der Waals surface area contributed by atoms with Crippen molar-refractivity contribution >= 4 is 15.9 Å². The van der Waals surface area contributed by atoms with Crippen LogP contribution in [0.3, 0.4) is 0 Å². The van der Waals surface area contributed by atoms with Crippen molar-refractivity contribution in [2.45, 2.75) is 17.2 Å². The fourth-order valence-corrected chi connectivity index (χ4v) is 3.65. The maximum atomic E-state index is 13.2. The lowest BCUT2D eigenvalue weighted by molar-refractivity contribution is -0.143. The summed E-state index contributed by atoms with van der Waals surface area (Å²) >= 11 is 0. The molecule has 0 aliphatic carbocycles. The van der Waals surface area contributed by atoms with Crippen molar-refractivity contribution in [3.8, 4) is 16.9 Å². The van der Waals surface area contributed by atoms with Gasteiger partial charge in [-0.15, -0.1) is 0 Å². The number of alkyl halides is 6. The minimum Gasteiger partial charge on any atom is -0.495 e. The molecule has 0 bridgehead atoms. The summed E-state index contributed by atoms with van der Waals surface area (Å²) in [6, 6.07) is 2.35. The summed E-state index contributed by atoms with van der Waals surface area (Å²) in [6.07, 6.45) is -10.3. The maximum absolute atomic E-state index is 13.2. The van der Waals surface area contributed by atoms with Crippen molar-refractivity contribution in [3.63, 3.8) is 0 Å². The zero-order valence-corrected chi connectivity index (χ0v) is 17.0. The second-order valence-corrected chi connectivity index (χ2v) is 8.65. The molecule has 2 aromatic carbocycles. The zero-order valence-electron chi connectivity index (χ0n) is 16.2. The highest BCUT2D eigenvalue weighted by molar-refractivity contribution is 7.89. The number of sulfonamides is 1. The summed E-state index contributed by atoms with van der Waals surface area (Å²) in [6.45, 7) is 0. The molecule has 6 nitrogen and oxygen atoms in total. The van der Waals surface area contributed by atoms with E-state index in [0.717, 1.165) is 37.6 Å². The number of halogens is 6. The van der Waals surface area contributed by atoms with E-state index < -0.39 is 66.7 Å². The first kappa shape index (κ1) is 24.5. The number of carbonyl (C=O) groups is 1. The molecule has 2 rings (SSSR count). The number of nitrogens with zero attached hydrogens (tertiary/aromatic N) is 1. The van der Waals surface area contributed by atoms with Crippen LogP contribution in [-0.2, 0) is 22.4 Å². The molecule has 0 radical (unpaired) electrons. The molecule has 0 atom stereocenters. The average Bonchev–Trinajstić information content (AvgIpc) is 2.64. The van der Waals surface area contributed by atoms with E-state index in [1.807, 2.05) is 0 Å². The van der Waals surface area contributed by atoms with Crippen LogP contribution in [-0.4, -0.2) is 39.8 Å². The van der Waals surface area contributed by atoms with Crippen LogP contribution in [0.2, 0.25) is 0 Å². The second kappa shape index (κ2) is 8.04. The van der Waals surface area contributed by atoms with Crippen molar-refractivity contribution in [2.24, 2.45) is 5.73 Å². The number of primary amides is 1. The number of ether oxygens (including phenoxy) is 1. The van der Waals surface area contributed by atoms with Gasteiger partial charge in [0.15, 0.2) is 0 Å². The summed E-state index contributed by atoms with van der Waals surface area (Å²) in [4.78, 5) is 11.3. The molecule has 1 amide bonds. The van der Waals surface area contributed by atoms with Crippen LogP contribution in [0.4, 0.5) is 26.3 Å². The predicted octanol–water partition coefficient (Wildman–Crippen LogP) is 3.75. The molecule has 31 heavy (non-hydrogen) atoms. The summed E-state index contributed by atoms with van der Waals surface area (Å²) in [5.74, 6) is -1.67. The standard InChI is InChI=1S/C18H16F6N2O4S/c1-26(2)31(28,29)12-7-13(15(30-3)14(8-12)16(25)27)9-4-10(17(19,20)21)6-11(5-9)18(22,23)24/h4-8H,1-3H3,(H2,25,27). The third kappa shape index (κ3) is 4.93. The Morgan fingerprint density at radius 1 is 0.935 bits per heavy atom. The van der Waals surface area contributed by atoms with Gasteiger partial charge >= 0.3 is 12.4 Å². The molecular formula is C18H16F6N2O4S. The third-order valence-corrected chi connectivity index (χ3v) is 6.00. The van der Waals surface area contributed by atoms with Gasteiger partial charge in [-0.1, -0.05) is 0 Å². The van der Waals surface area contributed by atoms with Gasteiger partial charge in [-0.05, 0) is 35.9 Å². The van der Waals surface area contributed by atoms with Gasteiger partial charge in [0.05, 0.1) is 28.7 Å². The van der Waals surface area contributed by atoms with Crippen molar-refractivity contribution in [1.29, 1.82) is 0 Å². The van der Waals surface area contributed by atoms with E-state index in [4.69, 9.17) is 10.5 Å². The van der Waals surface area contributed by atoms with Crippen molar-refractivity contribution < 1.29 is 44.3 Å². The molecule has 0 saturated heterocycles. The Bertz CT molecular complexity index is 1090. The van der Waals surface area contributed by atoms with E-state index in [1.54, 1.807) is 0 Å². The van der Waals surface area contributed by atoms with Crippen molar-refractivity contribution in [3.05, 3.63) is 47.0 Å². The predicted molar refractivity (Wildman–Crippen MR) is 97.8 cm³/mol. The highest BCUT2D eigenvalue weighted by Crippen LogP contribution is 2.42. The lowest BCUT2D eigenvalue weighted by Gasteiger charge is -2.19. The van der Waals surface area contributed by atoms with Crippen molar-refractivity contribution in [2.75, 3.05) is 21.2 Å². The van der Waals surface area contributed by atoms with E-state index in [0.29, 0.717) is 12.1 Å². The van der Waals surface area contributed by atoms with Crippen LogP contribution in [0.25, 0.3) is 11.1 Å². The van der Waals surface area contributed by atoms with Gasteiger partial charge in [0, 0.05) is 19.7 Å². The van der Waals surface area contributed by atoms with Gasteiger partial charge in [-0.3, -0.25) is 4.79 Å². The summed E-state index contributed by atoms with van der Waals surface area (Å²) in [5.41, 5.74) is 0.293. The van der Waals surface area contributed by atoms with Gasteiger partial charge in [-0.25, -0.2) is 12.7 Å². The van der Waals surface area contributed by atoms with E-state index in [9.17, 15) is 39.6 Å². The Morgan fingerprint density at radius 2 is 1.42 bits per heavy atom. The zero-order chi connectivity index (χ0) is 23.9. The van der Waals surface area contributed by atoms with Gasteiger partial charge in [0.2, 0.25) is 10.0 Å². The fourth-order valence-electron chi connectivity index (χ4n) is 2.69. The highest BCUT2D eigenvalue weighted by Gasteiger charge is 2.37. The van der Waals surface area contributed by atoms with Crippen LogP contribution in [0.1, 0.15) is 21.5 Å². The molecule has 2 N–H and O–H groups in total. The van der Waals surface area contributed by atoms with E-state index >= 15 is 0 Å². The average molecular weight is 470 g/mol. The first-order valence-corrected chi connectivity index (χ1v) is 9.68. The van der Waals surface area contributed by atoms with Crippen LogP contribution in [0.5, 0.6) is 5.75 Å². The molecule has 0 saturated carbocycles. The van der Waals surface area contributed by atoms with Gasteiger partial charge in [0.25, 0.3) is 5.91 Å². The molecule has 0 spiro atoms. The van der Waals surface area contributed by atoms with Crippen LogP contribution in [0.15, 0.2) is 35.2 Å². The SMILES string of the molecule is COc1c(C(N)=O)cc(S(=O)(=O)N(C)C)cc1-c1cc(C(F)(F)F)cc(C(F)(F)F)c1. The van der Waals surface area contributed by atoms with Crippen molar-refractivity contribution in [1.82, 2.24) is 4.31 Å². The Kier molecular flexibility index (Phi) is 6.34. The molecule has 0 unspecified atom stereocenters. The number of carbonyl (C=O) groups excluding carboxylic acids is 1.